The Morgan fingerprint density at radius 3 is 2.71 bits per heavy atom. The summed E-state index contributed by atoms with van der Waals surface area (Å²) in [6.45, 7) is 5.38. The second kappa shape index (κ2) is 9.78. The maximum absolute atomic E-state index is 13.4. The van der Waals surface area contributed by atoms with Crippen molar-refractivity contribution < 1.29 is 4.74 Å². The van der Waals surface area contributed by atoms with Gasteiger partial charge in [-0.25, -0.2) is 4.98 Å². The summed E-state index contributed by atoms with van der Waals surface area (Å²) in [4.78, 5) is 24.0. The van der Waals surface area contributed by atoms with Crippen LogP contribution in [0.1, 0.15) is 37.8 Å². The Morgan fingerprint density at radius 2 is 2.03 bits per heavy atom. The molecule has 166 valence electrons. The van der Waals surface area contributed by atoms with Gasteiger partial charge in [-0.05, 0) is 45.1 Å². The molecule has 0 aliphatic rings. The molecule has 31 heavy (non-hydrogen) atoms. The summed E-state index contributed by atoms with van der Waals surface area (Å²) in [5.74, 6) is 1.39. The fourth-order valence-electron chi connectivity index (χ4n) is 3.73. The molecule has 0 saturated heterocycles. The second-order valence-corrected chi connectivity index (χ2v) is 8.16. The summed E-state index contributed by atoms with van der Waals surface area (Å²) in [5.41, 5.74) is 8.33. The van der Waals surface area contributed by atoms with Gasteiger partial charge < -0.3 is 25.3 Å². The van der Waals surface area contributed by atoms with Crippen LogP contribution in [0.3, 0.4) is 0 Å². The average Bonchev–Trinajstić information content (AvgIpc) is 2.70. The normalized spacial score (nSPS) is 12.3. The van der Waals surface area contributed by atoms with Crippen molar-refractivity contribution in [3.05, 3.63) is 51.9 Å². The molecule has 3 aromatic rings. The molecule has 2 aromatic heterocycles. The molecular formula is C23H32N6O2. The van der Waals surface area contributed by atoms with Crippen LogP contribution in [0.15, 0.2) is 35.3 Å². The number of nitrogens with one attached hydrogen (secondary N) is 1. The molecular weight excluding hydrogens is 392 g/mol. The zero-order valence-electron chi connectivity index (χ0n) is 19.0. The molecule has 0 saturated carbocycles. The van der Waals surface area contributed by atoms with E-state index in [1.54, 1.807) is 23.9 Å². The third kappa shape index (κ3) is 5.32. The Labute approximate surface area is 183 Å². The molecule has 0 aliphatic carbocycles. The number of anilines is 2. The lowest BCUT2D eigenvalue weighted by atomic mass is 10.1. The van der Waals surface area contributed by atoms with Crippen LogP contribution in [0.4, 0.5) is 11.8 Å². The van der Waals surface area contributed by atoms with Crippen molar-refractivity contribution in [1.29, 1.82) is 0 Å². The first kappa shape index (κ1) is 22.6. The smallest absolute Gasteiger partial charge is 0.264 e. The van der Waals surface area contributed by atoms with Gasteiger partial charge in [0.05, 0.1) is 19.2 Å². The minimum absolute atomic E-state index is 0.147. The van der Waals surface area contributed by atoms with Gasteiger partial charge in [0.1, 0.15) is 17.0 Å². The minimum atomic E-state index is -0.164. The van der Waals surface area contributed by atoms with Crippen molar-refractivity contribution in [2.24, 2.45) is 0 Å². The van der Waals surface area contributed by atoms with E-state index in [2.05, 4.69) is 40.1 Å². The van der Waals surface area contributed by atoms with Crippen molar-refractivity contribution in [1.82, 2.24) is 19.4 Å². The summed E-state index contributed by atoms with van der Waals surface area (Å²) in [7, 11) is 5.70. The number of methoxy groups -OCH3 is 1. The van der Waals surface area contributed by atoms with E-state index >= 15 is 0 Å². The molecule has 8 heteroatoms. The lowest BCUT2D eigenvalue weighted by molar-refractivity contribution is 0.392. The van der Waals surface area contributed by atoms with E-state index in [0.29, 0.717) is 23.3 Å². The maximum atomic E-state index is 13.4. The van der Waals surface area contributed by atoms with Gasteiger partial charge in [0.25, 0.3) is 5.56 Å². The molecule has 0 radical (unpaired) electrons. The minimum Gasteiger partial charge on any atom is -0.496 e. The zero-order chi connectivity index (χ0) is 22.5. The van der Waals surface area contributed by atoms with Gasteiger partial charge in [-0.15, -0.1) is 0 Å². The molecule has 0 aliphatic heterocycles. The Bertz CT molecular complexity index is 1110. The highest BCUT2D eigenvalue weighted by Crippen LogP contribution is 2.23. The van der Waals surface area contributed by atoms with Crippen LogP contribution in [-0.2, 0) is 13.1 Å². The number of hydrogen-bond acceptors (Lipinski definition) is 7. The van der Waals surface area contributed by atoms with Crippen LogP contribution in [0.5, 0.6) is 5.75 Å². The second-order valence-electron chi connectivity index (χ2n) is 8.16. The fraction of sp³-hybridized carbons (Fsp3) is 0.435. The van der Waals surface area contributed by atoms with Gasteiger partial charge in [-0.2, -0.15) is 4.98 Å². The summed E-state index contributed by atoms with van der Waals surface area (Å²) in [6.07, 6.45) is 3.73. The van der Waals surface area contributed by atoms with E-state index in [9.17, 15) is 4.79 Å². The summed E-state index contributed by atoms with van der Waals surface area (Å²) in [5, 5.41) is 3.78. The Balaban J connectivity index is 2.01. The van der Waals surface area contributed by atoms with E-state index in [0.717, 1.165) is 36.3 Å². The molecule has 1 aromatic carbocycles. The predicted molar refractivity (Wildman–Crippen MR) is 126 cm³/mol. The van der Waals surface area contributed by atoms with Crippen molar-refractivity contribution >= 4 is 22.7 Å². The van der Waals surface area contributed by atoms with Crippen molar-refractivity contribution in [2.45, 2.75) is 45.8 Å². The summed E-state index contributed by atoms with van der Waals surface area (Å²) < 4.78 is 7.25. The van der Waals surface area contributed by atoms with E-state index in [1.807, 2.05) is 26.2 Å². The number of nitrogen functional groups attached to an aromatic ring is 1. The first-order valence-electron chi connectivity index (χ1n) is 10.6. The maximum Gasteiger partial charge on any atom is 0.264 e. The molecule has 8 nitrogen and oxygen atoms in total. The van der Waals surface area contributed by atoms with E-state index < -0.39 is 0 Å². The van der Waals surface area contributed by atoms with Crippen molar-refractivity contribution in [3.8, 4) is 5.75 Å². The van der Waals surface area contributed by atoms with Crippen molar-refractivity contribution in [3.63, 3.8) is 0 Å². The van der Waals surface area contributed by atoms with Gasteiger partial charge in [-0.1, -0.05) is 25.5 Å². The highest BCUT2D eigenvalue weighted by atomic mass is 16.5. The number of rotatable bonds is 9. The highest BCUT2D eigenvalue weighted by Gasteiger charge is 2.15. The lowest BCUT2D eigenvalue weighted by Gasteiger charge is -2.17. The molecule has 1 unspecified atom stereocenters. The Morgan fingerprint density at radius 1 is 1.26 bits per heavy atom. The van der Waals surface area contributed by atoms with Gasteiger partial charge in [0, 0.05) is 24.3 Å². The van der Waals surface area contributed by atoms with Crippen LogP contribution in [0.2, 0.25) is 0 Å². The summed E-state index contributed by atoms with van der Waals surface area (Å²) in [6, 6.07) is 8.06. The fourth-order valence-corrected chi connectivity index (χ4v) is 3.73. The van der Waals surface area contributed by atoms with Crippen LogP contribution >= 0.6 is 0 Å². The lowest BCUT2D eigenvalue weighted by Crippen LogP contribution is -2.24. The molecule has 1 atom stereocenters. The SMILES string of the molecule is CCCC(C)Nc1nc(N)nc2ccn(Cc3ccc(CN(C)C)cc3OC)c(=O)c12. The zero-order valence-corrected chi connectivity index (χ0v) is 19.0. The van der Waals surface area contributed by atoms with Crippen LogP contribution in [0.25, 0.3) is 10.9 Å². The number of fused-ring (bicyclic) bond motifs is 1. The summed E-state index contributed by atoms with van der Waals surface area (Å²) >= 11 is 0. The third-order valence-corrected chi connectivity index (χ3v) is 5.14. The molecule has 0 spiro atoms. The largest absolute Gasteiger partial charge is 0.496 e. The third-order valence-electron chi connectivity index (χ3n) is 5.14. The first-order chi connectivity index (χ1) is 14.8. The topological polar surface area (TPSA) is 98.3 Å². The van der Waals surface area contributed by atoms with Gasteiger partial charge in [-0.3, -0.25) is 4.79 Å². The number of hydrogen-bond donors (Lipinski definition) is 2. The predicted octanol–water partition coefficient (Wildman–Crippen LogP) is 3.09. The van der Waals surface area contributed by atoms with Gasteiger partial charge in [0.2, 0.25) is 5.95 Å². The van der Waals surface area contributed by atoms with Crippen molar-refractivity contribution in [2.75, 3.05) is 32.3 Å². The molecule has 0 amide bonds. The highest BCUT2D eigenvalue weighted by molar-refractivity contribution is 5.89. The van der Waals surface area contributed by atoms with Gasteiger partial charge in [0.15, 0.2) is 0 Å². The molecule has 3 rings (SSSR count). The van der Waals surface area contributed by atoms with Crippen LogP contribution < -0.4 is 21.3 Å². The number of nitrogens with two attached hydrogens (primary N) is 1. The number of pyridine rings is 1. The molecule has 2 heterocycles. The average molecular weight is 425 g/mol. The quantitative estimate of drug-likeness (QED) is 0.545. The van der Waals surface area contributed by atoms with E-state index in [-0.39, 0.29) is 17.5 Å². The number of nitrogens with zero attached hydrogens (tertiary/aromatic N) is 4. The number of ether oxygens (including phenoxy) is 1. The van der Waals surface area contributed by atoms with Crippen LogP contribution in [0, 0.1) is 0 Å². The van der Waals surface area contributed by atoms with E-state index in [4.69, 9.17) is 10.5 Å². The molecule has 3 N–H and O–H groups in total. The standard InChI is InChI=1S/C23H32N6O2/c1-6-7-15(2)25-21-20-18(26-23(24)27-21)10-11-29(22(20)30)14-17-9-8-16(13-28(3)4)12-19(17)31-5/h8-12,15H,6-7,13-14H2,1-5H3,(H3,24,25,26,27). The van der Waals surface area contributed by atoms with E-state index in [1.165, 1.54) is 0 Å². The first-order valence-corrected chi connectivity index (χ1v) is 10.6. The number of aromatic nitrogens is 3. The molecule has 0 bridgehead atoms. The van der Waals surface area contributed by atoms with Gasteiger partial charge >= 0.3 is 0 Å². The Kier molecular flexibility index (Phi) is 7.12. The monoisotopic (exact) mass is 424 g/mol. The number of benzene rings is 1. The van der Waals surface area contributed by atoms with Crippen LogP contribution in [-0.4, -0.2) is 46.7 Å². The Hall–Kier alpha value is -3.13. The molecule has 0 fully saturated rings.